The molecule has 114 valence electrons. The third kappa shape index (κ3) is 6.71. The average Bonchev–Trinajstić information content (AvgIpc) is 2.84. The van der Waals surface area contributed by atoms with Crippen molar-refractivity contribution in [3.8, 4) is 0 Å². The van der Waals surface area contributed by atoms with Crippen molar-refractivity contribution in [1.29, 1.82) is 0 Å². The van der Waals surface area contributed by atoms with Crippen molar-refractivity contribution in [2.45, 2.75) is 26.3 Å². The first-order chi connectivity index (χ1) is 9.88. The Morgan fingerprint density at radius 2 is 2.05 bits per heavy atom. The summed E-state index contributed by atoms with van der Waals surface area (Å²) in [6, 6.07) is 3.37. The van der Waals surface area contributed by atoms with Gasteiger partial charge >= 0.3 is 5.97 Å². The van der Waals surface area contributed by atoms with Gasteiger partial charge in [0.05, 0.1) is 4.88 Å². The van der Waals surface area contributed by atoms with E-state index in [4.69, 9.17) is 5.11 Å². The van der Waals surface area contributed by atoms with Crippen molar-refractivity contribution in [3.63, 3.8) is 0 Å². The van der Waals surface area contributed by atoms with Crippen molar-refractivity contribution in [3.05, 3.63) is 28.0 Å². The highest BCUT2D eigenvalue weighted by Crippen LogP contribution is 2.17. The number of thiophene rings is 1. The Labute approximate surface area is 126 Å². The molecule has 0 aliphatic carbocycles. The summed E-state index contributed by atoms with van der Waals surface area (Å²) in [5.74, 6) is -1.42. The lowest BCUT2D eigenvalue weighted by Gasteiger charge is -2.08. The molecule has 0 radical (unpaired) electrons. The average molecular weight is 310 g/mol. The summed E-state index contributed by atoms with van der Waals surface area (Å²) in [7, 11) is 0. The molecule has 0 aliphatic rings. The Morgan fingerprint density at radius 3 is 2.67 bits per heavy atom. The number of carboxylic acid groups (broad SMARTS) is 1. The quantitative estimate of drug-likeness (QED) is 0.665. The van der Waals surface area contributed by atoms with E-state index >= 15 is 0 Å². The number of aliphatic carboxylic acids is 1. The zero-order valence-electron chi connectivity index (χ0n) is 11.9. The predicted molar refractivity (Wildman–Crippen MR) is 81.2 cm³/mol. The highest BCUT2D eigenvalue weighted by molar-refractivity contribution is 7.14. The second-order valence-electron chi connectivity index (χ2n) is 4.60. The van der Waals surface area contributed by atoms with E-state index in [1.54, 1.807) is 12.1 Å². The summed E-state index contributed by atoms with van der Waals surface area (Å²) in [5.41, 5.74) is 0. The highest BCUT2D eigenvalue weighted by Gasteiger charge is 2.09. The van der Waals surface area contributed by atoms with E-state index in [9.17, 15) is 14.4 Å². The molecule has 0 aromatic carbocycles. The first kappa shape index (κ1) is 16.9. The predicted octanol–water partition coefficient (Wildman–Crippen LogP) is 1.49. The van der Waals surface area contributed by atoms with Crippen molar-refractivity contribution in [2.24, 2.45) is 0 Å². The Balaban J connectivity index is 2.42. The third-order valence-electron chi connectivity index (χ3n) is 2.33. The maximum Gasteiger partial charge on any atom is 0.328 e. The molecule has 1 heterocycles. The smallest absolute Gasteiger partial charge is 0.328 e. The van der Waals surface area contributed by atoms with E-state index < -0.39 is 5.97 Å². The Hall–Kier alpha value is -2.15. The van der Waals surface area contributed by atoms with Gasteiger partial charge in [0, 0.05) is 30.0 Å². The SMILES string of the molecule is CC(C)NC(=O)CCNC(=O)c1ccc(/C=C/C(=O)O)s1. The molecule has 0 atom stereocenters. The van der Waals surface area contributed by atoms with Gasteiger partial charge in [-0.1, -0.05) is 0 Å². The minimum absolute atomic E-state index is 0.0779. The Morgan fingerprint density at radius 1 is 1.33 bits per heavy atom. The van der Waals surface area contributed by atoms with E-state index in [1.165, 1.54) is 17.4 Å². The van der Waals surface area contributed by atoms with Gasteiger partial charge in [-0.25, -0.2) is 4.79 Å². The molecule has 3 N–H and O–H groups in total. The van der Waals surface area contributed by atoms with Crippen LogP contribution in [0.2, 0.25) is 0 Å². The standard InChI is InChI=1S/C14H18N2O4S/c1-9(2)16-12(17)7-8-15-14(20)11-5-3-10(21-11)4-6-13(18)19/h3-6,9H,7-8H2,1-2H3,(H,15,20)(H,16,17)(H,18,19)/b6-4+. The lowest BCUT2D eigenvalue weighted by molar-refractivity contribution is -0.131. The number of nitrogens with one attached hydrogen (secondary N) is 2. The van der Waals surface area contributed by atoms with Crippen LogP contribution in [0.5, 0.6) is 0 Å². The van der Waals surface area contributed by atoms with Crippen molar-refractivity contribution >= 4 is 35.2 Å². The second kappa shape index (κ2) is 8.21. The molecular formula is C14H18N2O4S. The number of carbonyl (C=O) groups excluding carboxylic acids is 2. The van der Waals surface area contributed by atoms with Crippen molar-refractivity contribution in [2.75, 3.05) is 6.54 Å². The number of amides is 2. The van der Waals surface area contributed by atoms with E-state index in [1.807, 2.05) is 13.8 Å². The van der Waals surface area contributed by atoms with Gasteiger partial charge in [-0.05, 0) is 32.1 Å². The summed E-state index contributed by atoms with van der Waals surface area (Å²) in [4.78, 5) is 34.8. The maximum atomic E-state index is 11.8. The largest absolute Gasteiger partial charge is 0.478 e. The zero-order chi connectivity index (χ0) is 15.8. The fourth-order valence-corrected chi connectivity index (χ4v) is 2.32. The molecule has 0 saturated heterocycles. The summed E-state index contributed by atoms with van der Waals surface area (Å²) in [6.07, 6.45) is 2.67. The summed E-state index contributed by atoms with van der Waals surface area (Å²) in [5, 5.41) is 13.9. The fourth-order valence-electron chi connectivity index (χ4n) is 1.49. The number of hydrogen-bond acceptors (Lipinski definition) is 4. The van der Waals surface area contributed by atoms with E-state index in [-0.39, 0.29) is 30.8 Å². The van der Waals surface area contributed by atoms with Crippen LogP contribution in [0.15, 0.2) is 18.2 Å². The van der Waals surface area contributed by atoms with Crippen LogP contribution in [0.3, 0.4) is 0 Å². The normalized spacial score (nSPS) is 10.8. The van der Waals surface area contributed by atoms with Crippen molar-refractivity contribution < 1.29 is 19.5 Å². The van der Waals surface area contributed by atoms with Crippen molar-refractivity contribution in [1.82, 2.24) is 10.6 Å². The number of carbonyl (C=O) groups is 3. The van der Waals surface area contributed by atoms with Crippen LogP contribution >= 0.6 is 11.3 Å². The number of hydrogen-bond donors (Lipinski definition) is 3. The van der Waals surface area contributed by atoms with E-state index in [0.29, 0.717) is 9.75 Å². The van der Waals surface area contributed by atoms with Gasteiger partial charge in [-0.15, -0.1) is 11.3 Å². The molecule has 1 rings (SSSR count). The monoisotopic (exact) mass is 310 g/mol. The van der Waals surface area contributed by atoms with Gasteiger partial charge in [0.25, 0.3) is 5.91 Å². The number of carboxylic acids is 1. The third-order valence-corrected chi connectivity index (χ3v) is 3.38. The lowest BCUT2D eigenvalue weighted by atomic mass is 10.3. The molecular weight excluding hydrogens is 292 g/mol. The Bertz CT molecular complexity index is 549. The summed E-state index contributed by atoms with van der Waals surface area (Å²) < 4.78 is 0. The van der Waals surface area contributed by atoms with Gasteiger partial charge < -0.3 is 15.7 Å². The molecule has 0 unspecified atom stereocenters. The zero-order valence-corrected chi connectivity index (χ0v) is 12.7. The molecule has 7 heteroatoms. The minimum Gasteiger partial charge on any atom is -0.478 e. The molecule has 0 saturated carbocycles. The van der Waals surface area contributed by atoms with Gasteiger partial charge in [-0.2, -0.15) is 0 Å². The van der Waals surface area contributed by atoms with Gasteiger partial charge in [0.2, 0.25) is 5.91 Å². The van der Waals surface area contributed by atoms with E-state index in [2.05, 4.69) is 10.6 Å². The number of rotatable bonds is 7. The molecule has 1 aromatic rings. The lowest BCUT2D eigenvalue weighted by Crippen LogP contribution is -2.33. The molecule has 1 aromatic heterocycles. The van der Waals surface area contributed by atoms with Crippen LogP contribution < -0.4 is 10.6 Å². The van der Waals surface area contributed by atoms with Gasteiger partial charge in [0.15, 0.2) is 0 Å². The molecule has 21 heavy (non-hydrogen) atoms. The Kier molecular flexibility index (Phi) is 6.61. The first-order valence-corrected chi connectivity index (χ1v) is 7.28. The van der Waals surface area contributed by atoms with E-state index in [0.717, 1.165) is 6.08 Å². The molecule has 0 bridgehead atoms. The topological polar surface area (TPSA) is 95.5 Å². The summed E-state index contributed by atoms with van der Waals surface area (Å²) in [6.45, 7) is 4.00. The van der Waals surface area contributed by atoms with Crippen LogP contribution in [0.25, 0.3) is 6.08 Å². The minimum atomic E-state index is -1.04. The molecule has 6 nitrogen and oxygen atoms in total. The molecule has 2 amide bonds. The van der Waals surface area contributed by atoms with Crippen LogP contribution in [0, 0.1) is 0 Å². The van der Waals surface area contributed by atoms with Crippen LogP contribution in [-0.2, 0) is 9.59 Å². The fraction of sp³-hybridized carbons (Fsp3) is 0.357. The van der Waals surface area contributed by atoms with Gasteiger partial charge in [-0.3, -0.25) is 9.59 Å². The second-order valence-corrected chi connectivity index (χ2v) is 5.72. The van der Waals surface area contributed by atoms with Gasteiger partial charge in [0.1, 0.15) is 0 Å². The first-order valence-electron chi connectivity index (χ1n) is 6.47. The van der Waals surface area contributed by atoms with Crippen LogP contribution in [-0.4, -0.2) is 35.5 Å². The molecule has 0 aliphatic heterocycles. The maximum absolute atomic E-state index is 11.8. The summed E-state index contributed by atoms with van der Waals surface area (Å²) >= 11 is 1.19. The molecule has 0 spiro atoms. The highest BCUT2D eigenvalue weighted by atomic mass is 32.1. The van der Waals surface area contributed by atoms with Crippen LogP contribution in [0.4, 0.5) is 0 Å². The molecule has 0 fully saturated rings. The van der Waals surface area contributed by atoms with Crippen LogP contribution in [0.1, 0.15) is 34.8 Å².